The van der Waals surface area contributed by atoms with E-state index in [4.69, 9.17) is 0 Å². The first-order valence-electron chi connectivity index (χ1n) is 6.91. The van der Waals surface area contributed by atoms with E-state index in [1.165, 1.54) is 39.9 Å². The van der Waals surface area contributed by atoms with E-state index >= 15 is 0 Å². The Morgan fingerprint density at radius 2 is 2.06 bits per heavy atom. The Morgan fingerprint density at radius 3 is 2.61 bits per heavy atom. The van der Waals surface area contributed by atoms with E-state index in [1.54, 1.807) is 0 Å². The van der Waals surface area contributed by atoms with Gasteiger partial charge in [0.15, 0.2) is 0 Å². The molecular formula is C14H26N2S2. The number of hydrogen-bond donors (Lipinski definition) is 1. The number of aromatic nitrogens is 1. The molecule has 0 aliphatic heterocycles. The lowest BCUT2D eigenvalue weighted by Crippen LogP contribution is -2.34. The van der Waals surface area contributed by atoms with E-state index in [2.05, 4.69) is 49.8 Å². The summed E-state index contributed by atoms with van der Waals surface area (Å²) < 4.78 is 0. The Hall–Kier alpha value is -0.0600. The van der Waals surface area contributed by atoms with Gasteiger partial charge < -0.3 is 5.32 Å². The van der Waals surface area contributed by atoms with E-state index in [9.17, 15) is 0 Å². The summed E-state index contributed by atoms with van der Waals surface area (Å²) in [6, 6.07) is 0.575. The Bertz CT molecular complexity index is 317. The summed E-state index contributed by atoms with van der Waals surface area (Å²) in [7, 11) is 0. The molecule has 0 aliphatic rings. The molecule has 1 N–H and O–H groups in total. The van der Waals surface area contributed by atoms with Crippen molar-refractivity contribution in [3.63, 3.8) is 0 Å². The molecule has 0 saturated heterocycles. The van der Waals surface area contributed by atoms with Crippen LogP contribution in [0, 0.1) is 13.8 Å². The van der Waals surface area contributed by atoms with E-state index in [-0.39, 0.29) is 0 Å². The van der Waals surface area contributed by atoms with Crippen molar-refractivity contribution >= 4 is 23.1 Å². The lowest BCUT2D eigenvalue weighted by molar-refractivity contribution is 0.549. The molecular weight excluding hydrogens is 260 g/mol. The average molecular weight is 287 g/mol. The molecule has 2 nitrogen and oxygen atoms in total. The molecule has 18 heavy (non-hydrogen) atoms. The van der Waals surface area contributed by atoms with Crippen LogP contribution in [-0.2, 0) is 6.42 Å². The zero-order valence-electron chi connectivity index (χ0n) is 12.1. The molecule has 1 aromatic heterocycles. The summed E-state index contributed by atoms with van der Waals surface area (Å²) in [4.78, 5) is 6.02. The molecule has 1 heterocycles. The van der Waals surface area contributed by atoms with Crippen LogP contribution in [0.5, 0.6) is 0 Å². The number of hydrogen-bond acceptors (Lipinski definition) is 4. The molecule has 0 aliphatic carbocycles. The fourth-order valence-electron chi connectivity index (χ4n) is 1.75. The molecule has 1 atom stereocenters. The van der Waals surface area contributed by atoms with Crippen LogP contribution in [-0.4, -0.2) is 29.1 Å². The van der Waals surface area contributed by atoms with Gasteiger partial charge in [-0.2, -0.15) is 11.8 Å². The van der Waals surface area contributed by atoms with Crippen molar-refractivity contribution < 1.29 is 0 Å². The first kappa shape index (κ1) is 16.0. The second-order valence-electron chi connectivity index (χ2n) is 4.68. The highest BCUT2D eigenvalue weighted by Crippen LogP contribution is 2.19. The SMILES string of the molecule is CCCNC(CSCCC)Cc1nc(C)c(C)s1. The number of nitrogens with one attached hydrogen (secondary N) is 1. The Morgan fingerprint density at radius 1 is 1.28 bits per heavy atom. The predicted molar refractivity (Wildman–Crippen MR) is 85.0 cm³/mol. The van der Waals surface area contributed by atoms with Gasteiger partial charge in [0.25, 0.3) is 0 Å². The molecule has 104 valence electrons. The van der Waals surface area contributed by atoms with Crippen LogP contribution in [0.4, 0.5) is 0 Å². The second-order valence-corrected chi connectivity index (χ2v) is 7.12. The van der Waals surface area contributed by atoms with Gasteiger partial charge in [-0.05, 0) is 39.0 Å². The minimum Gasteiger partial charge on any atom is -0.313 e. The number of thioether (sulfide) groups is 1. The van der Waals surface area contributed by atoms with Crippen molar-refractivity contribution in [3.8, 4) is 0 Å². The maximum absolute atomic E-state index is 4.66. The molecule has 0 spiro atoms. The lowest BCUT2D eigenvalue weighted by Gasteiger charge is -2.16. The topological polar surface area (TPSA) is 24.9 Å². The van der Waals surface area contributed by atoms with Crippen LogP contribution in [0.25, 0.3) is 0 Å². The first-order chi connectivity index (χ1) is 8.67. The summed E-state index contributed by atoms with van der Waals surface area (Å²) >= 11 is 3.91. The summed E-state index contributed by atoms with van der Waals surface area (Å²) in [5, 5.41) is 4.94. The van der Waals surface area contributed by atoms with Crippen molar-refractivity contribution in [2.45, 2.75) is 53.0 Å². The molecule has 1 unspecified atom stereocenters. The zero-order valence-corrected chi connectivity index (χ0v) is 13.7. The van der Waals surface area contributed by atoms with Gasteiger partial charge in [0.2, 0.25) is 0 Å². The number of rotatable bonds is 9. The molecule has 0 fully saturated rings. The monoisotopic (exact) mass is 286 g/mol. The minimum atomic E-state index is 0.575. The van der Waals surface area contributed by atoms with Gasteiger partial charge in [0.05, 0.1) is 10.7 Å². The number of thiazole rings is 1. The van der Waals surface area contributed by atoms with E-state index in [0.717, 1.165) is 13.0 Å². The number of aryl methyl sites for hydroxylation is 2. The lowest BCUT2D eigenvalue weighted by atomic mass is 10.2. The molecule has 1 aromatic rings. The molecule has 4 heteroatoms. The van der Waals surface area contributed by atoms with E-state index in [1.807, 2.05) is 11.3 Å². The smallest absolute Gasteiger partial charge is 0.0946 e. The third kappa shape index (κ3) is 5.72. The molecule has 0 radical (unpaired) electrons. The summed E-state index contributed by atoms with van der Waals surface area (Å²) in [6.45, 7) is 9.85. The summed E-state index contributed by atoms with van der Waals surface area (Å²) in [6.07, 6.45) is 3.54. The maximum atomic E-state index is 4.66. The van der Waals surface area contributed by atoms with Crippen molar-refractivity contribution in [2.75, 3.05) is 18.1 Å². The molecule has 0 aromatic carbocycles. The summed E-state index contributed by atoms with van der Waals surface area (Å²) in [5.41, 5.74) is 1.20. The third-order valence-electron chi connectivity index (χ3n) is 2.84. The molecule has 0 bridgehead atoms. The van der Waals surface area contributed by atoms with Gasteiger partial charge in [-0.3, -0.25) is 0 Å². The van der Waals surface area contributed by atoms with Crippen LogP contribution >= 0.6 is 23.1 Å². The highest BCUT2D eigenvalue weighted by atomic mass is 32.2. The number of nitrogens with zero attached hydrogens (tertiary/aromatic N) is 1. The quantitative estimate of drug-likeness (QED) is 0.699. The van der Waals surface area contributed by atoms with Crippen molar-refractivity contribution in [2.24, 2.45) is 0 Å². The Kier molecular flexibility index (Phi) is 7.95. The normalized spacial score (nSPS) is 12.9. The fraction of sp³-hybridized carbons (Fsp3) is 0.786. The zero-order chi connectivity index (χ0) is 13.4. The fourth-order valence-corrected chi connectivity index (χ4v) is 3.74. The second kappa shape index (κ2) is 8.94. The van der Waals surface area contributed by atoms with Crippen molar-refractivity contribution in [1.82, 2.24) is 10.3 Å². The van der Waals surface area contributed by atoms with Gasteiger partial charge in [-0.1, -0.05) is 13.8 Å². The Labute approximate surface area is 120 Å². The van der Waals surface area contributed by atoms with E-state index in [0.29, 0.717) is 6.04 Å². The molecule has 0 amide bonds. The highest BCUT2D eigenvalue weighted by molar-refractivity contribution is 7.99. The molecule has 0 saturated carbocycles. The van der Waals surface area contributed by atoms with Gasteiger partial charge in [-0.25, -0.2) is 4.98 Å². The van der Waals surface area contributed by atoms with Crippen LogP contribution in [0.3, 0.4) is 0 Å². The van der Waals surface area contributed by atoms with Crippen LogP contribution in [0.15, 0.2) is 0 Å². The first-order valence-corrected chi connectivity index (χ1v) is 8.88. The van der Waals surface area contributed by atoms with Crippen molar-refractivity contribution in [1.29, 1.82) is 0 Å². The largest absolute Gasteiger partial charge is 0.313 e. The van der Waals surface area contributed by atoms with Gasteiger partial charge in [0, 0.05) is 23.1 Å². The van der Waals surface area contributed by atoms with Crippen LogP contribution in [0.2, 0.25) is 0 Å². The van der Waals surface area contributed by atoms with Gasteiger partial charge >= 0.3 is 0 Å². The van der Waals surface area contributed by atoms with Crippen LogP contribution in [0.1, 0.15) is 42.3 Å². The van der Waals surface area contributed by atoms with E-state index < -0.39 is 0 Å². The highest BCUT2D eigenvalue weighted by Gasteiger charge is 2.12. The predicted octanol–water partition coefficient (Wildman–Crippen LogP) is 3.81. The van der Waals surface area contributed by atoms with Gasteiger partial charge in [-0.15, -0.1) is 11.3 Å². The molecule has 1 rings (SSSR count). The standard InChI is InChI=1S/C14H26N2S2/c1-5-7-15-13(10-17-8-6-2)9-14-16-11(3)12(4)18-14/h13,15H,5-10H2,1-4H3. The third-order valence-corrected chi connectivity index (χ3v) is 5.27. The average Bonchev–Trinajstić information content (AvgIpc) is 2.65. The van der Waals surface area contributed by atoms with Gasteiger partial charge in [0.1, 0.15) is 0 Å². The van der Waals surface area contributed by atoms with Crippen molar-refractivity contribution in [3.05, 3.63) is 15.6 Å². The Balaban J connectivity index is 2.48. The summed E-state index contributed by atoms with van der Waals surface area (Å²) in [5.74, 6) is 2.46. The minimum absolute atomic E-state index is 0.575. The van der Waals surface area contributed by atoms with Crippen LogP contribution < -0.4 is 5.32 Å². The maximum Gasteiger partial charge on any atom is 0.0946 e.